The third-order valence-corrected chi connectivity index (χ3v) is 3.62. The van der Waals surface area contributed by atoms with Crippen LogP contribution < -0.4 is 0 Å². The van der Waals surface area contributed by atoms with Crippen LogP contribution >= 0.6 is 0 Å². The van der Waals surface area contributed by atoms with Gasteiger partial charge in [0, 0.05) is 5.69 Å². The number of fused-ring (bicyclic) bond motifs is 1. The van der Waals surface area contributed by atoms with E-state index in [0.29, 0.717) is 0 Å². The lowest BCUT2D eigenvalue weighted by Gasteiger charge is -2.14. The van der Waals surface area contributed by atoms with E-state index in [-0.39, 0.29) is 0 Å². The van der Waals surface area contributed by atoms with Crippen LogP contribution in [-0.4, -0.2) is 13.1 Å². The highest BCUT2D eigenvalue weighted by atomic mass is 28.3. The molecule has 1 aliphatic carbocycles. The molecular weight excluding hydrogens is 210 g/mol. The van der Waals surface area contributed by atoms with Gasteiger partial charge in [0.25, 0.3) is 0 Å². The highest BCUT2D eigenvalue weighted by Crippen LogP contribution is 2.19. The highest BCUT2D eigenvalue weighted by Gasteiger charge is 2.11. The Labute approximate surface area is 99.3 Å². The van der Waals surface area contributed by atoms with Crippen LogP contribution in [0.1, 0.15) is 29.8 Å². The summed E-state index contributed by atoms with van der Waals surface area (Å²) in [6.45, 7) is 6.79. The van der Waals surface area contributed by atoms with Crippen molar-refractivity contribution in [2.45, 2.75) is 45.3 Å². The Morgan fingerprint density at radius 3 is 2.62 bits per heavy atom. The third-order valence-electron chi connectivity index (χ3n) is 2.74. The summed E-state index contributed by atoms with van der Waals surface area (Å²) in [4.78, 5) is 4.66. The van der Waals surface area contributed by atoms with Gasteiger partial charge in [-0.25, -0.2) is 4.98 Å². The minimum absolute atomic E-state index is 0.961. The van der Waals surface area contributed by atoms with Gasteiger partial charge in [-0.2, -0.15) is 0 Å². The molecule has 16 heavy (non-hydrogen) atoms. The number of pyridine rings is 1. The molecule has 1 aromatic rings. The molecule has 0 bridgehead atoms. The van der Waals surface area contributed by atoms with Gasteiger partial charge < -0.3 is 0 Å². The molecule has 0 aliphatic heterocycles. The van der Waals surface area contributed by atoms with Crippen LogP contribution in [0.2, 0.25) is 19.6 Å². The van der Waals surface area contributed by atoms with Crippen LogP contribution in [0.3, 0.4) is 0 Å². The van der Waals surface area contributed by atoms with Gasteiger partial charge in [-0.15, -0.1) is 5.54 Å². The number of hydrogen-bond donors (Lipinski definition) is 0. The molecule has 0 fully saturated rings. The van der Waals surface area contributed by atoms with E-state index in [4.69, 9.17) is 0 Å². The number of aromatic nitrogens is 1. The molecule has 0 unspecified atom stereocenters. The molecule has 0 saturated heterocycles. The molecule has 2 heteroatoms. The van der Waals surface area contributed by atoms with Crippen LogP contribution in [0.25, 0.3) is 0 Å². The lowest BCUT2D eigenvalue weighted by Crippen LogP contribution is -2.16. The zero-order chi connectivity index (χ0) is 11.6. The Bertz CT molecular complexity index is 446. The molecule has 2 rings (SSSR count). The number of hydrogen-bond acceptors (Lipinski definition) is 1. The highest BCUT2D eigenvalue weighted by molar-refractivity contribution is 6.83. The molecule has 1 aromatic heterocycles. The summed E-state index contributed by atoms with van der Waals surface area (Å²) in [5, 5.41) is 0. The first-order chi connectivity index (χ1) is 7.54. The molecule has 0 spiro atoms. The molecule has 84 valence electrons. The fourth-order valence-corrected chi connectivity index (χ4v) is 2.41. The minimum Gasteiger partial charge on any atom is -0.244 e. The quantitative estimate of drug-likeness (QED) is 0.492. The molecule has 0 atom stereocenters. The second-order valence-electron chi connectivity index (χ2n) is 5.51. The van der Waals surface area contributed by atoms with Gasteiger partial charge in [0.1, 0.15) is 13.8 Å². The maximum absolute atomic E-state index is 4.66. The average molecular weight is 229 g/mol. The summed E-state index contributed by atoms with van der Waals surface area (Å²) in [6, 6.07) is 4.30. The molecule has 0 saturated carbocycles. The Kier molecular flexibility index (Phi) is 3.16. The zero-order valence-electron chi connectivity index (χ0n) is 10.4. The first-order valence-electron chi connectivity index (χ1n) is 6.07. The summed E-state index contributed by atoms with van der Waals surface area (Å²) >= 11 is 0. The summed E-state index contributed by atoms with van der Waals surface area (Å²) in [5.74, 6) is 3.24. The van der Waals surface area contributed by atoms with Gasteiger partial charge in [-0.3, -0.25) is 0 Å². The van der Waals surface area contributed by atoms with Crippen molar-refractivity contribution in [2.24, 2.45) is 0 Å². The summed E-state index contributed by atoms with van der Waals surface area (Å²) < 4.78 is 0. The van der Waals surface area contributed by atoms with Crippen LogP contribution in [-0.2, 0) is 12.8 Å². The van der Waals surface area contributed by atoms with Gasteiger partial charge in [-0.05, 0) is 37.3 Å². The van der Waals surface area contributed by atoms with Crippen molar-refractivity contribution in [1.29, 1.82) is 0 Å². The van der Waals surface area contributed by atoms with Crippen molar-refractivity contribution in [3.63, 3.8) is 0 Å². The summed E-state index contributed by atoms with van der Waals surface area (Å²) in [7, 11) is -1.28. The van der Waals surface area contributed by atoms with E-state index < -0.39 is 8.07 Å². The molecule has 1 heterocycles. The van der Waals surface area contributed by atoms with Crippen molar-refractivity contribution < 1.29 is 0 Å². The second kappa shape index (κ2) is 4.43. The lowest BCUT2D eigenvalue weighted by atomic mass is 9.96. The Hall–Kier alpha value is -1.07. The Morgan fingerprint density at radius 2 is 1.88 bits per heavy atom. The van der Waals surface area contributed by atoms with Crippen LogP contribution in [0.4, 0.5) is 0 Å². The van der Waals surface area contributed by atoms with E-state index in [0.717, 1.165) is 12.1 Å². The molecule has 0 aromatic carbocycles. The average Bonchev–Trinajstić information content (AvgIpc) is 2.25. The Balaban J connectivity index is 2.26. The van der Waals surface area contributed by atoms with Gasteiger partial charge in [-0.1, -0.05) is 31.6 Å². The van der Waals surface area contributed by atoms with E-state index in [1.54, 1.807) is 0 Å². The first kappa shape index (κ1) is 11.4. The first-order valence-corrected chi connectivity index (χ1v) is 9.57. The zero-order valence-corrected chi connectivity index (χ0v) is 11.4. The van der Waals surface area contributed by atoms with Crippen molar-refractivity contribution in [1.82, 2.24) is 4.98 Å². The fourth-order valence-electron chi connectivity index (χ4n) is 1.90. The lowest BCUT2D eigenvalue weighted by molar-refractivity contribution is 0.667. The smallest absolute Gasteiger partial charge is 0.129 e. The number of nitrogens with zero attached hydrogens (tertiary/aromatic N) is 1. The van der Waals surface area contributed by atoms with Gasteiger partial charge >= 0.3 is 0 Å². The normalized spacial score (nSPS) is 14.9. The molecule has 0 N–H and O–H groups in total. The SMILES string of the molecule is C[Si](C)(C)C#Cc1ccc2c(n1)CCCC2. The number of rotatable bonds is 0. The topological polar surface area (TPSA) is 12.9 Å². The van der Waals surface area contributed by atoms with E-state index >= 15 is 0 Å². The molecule has 0 amide bonds. The van der Waals surface area contributed by atoms with E-state index in [2.05, 4.69) is 48.2 Å². The fraction of sp³-hybridized carbons (Fsp3) is 0.500. The van der Waals surface area contributed by atoms with Crippen LogP contribution in [0.5, 0.6) is 0 Å². The molecular formula is C14H19NSi. The van der Waals surface area contributed by atoms with Crippen molar-refractivity contribution in [2.75, 3.05) is 0 Å². The Morgan fingerprint density at radius 1 is 1.12 bits per heavy atom. The number of aryl methyl sites for hydroxylation is 2. The third kappa shape index (κ3) is 2.96. The van der Waals surface area contributed by atoms with Crippen molar-refractivity contribution in [3.8, 4) is 11.5 Å². The minimum atomic E-state index is -1.28. The van der Waals surface area contributed by atoms with E-state index in [1.807, 2.05) is 0 Å². The van der Waals surface area contributed by atoms with Crippen LogP contribution in [0.15, 0.2) is 12.1 Å². The standard InChI is InChI=1S/C14H19NSi/c1-16(2,3)11-10-13-9-8-12-6-4-5-7-14(12)15-13/h8-9H,4-7H2,1-3H3. The molecule has 1 aliphatic rings. The van der Waals surface area contributed by atoms with Gasteiger partial charge in [0.2, 0.25) is 0 Å². The van der Waals surface area contributed by atoms with Gasteiger partial charge in [0.15, 0.2) is 0 Å². The molecule has 1 nitrogen and oxygen atoms in total. The predicted octanol–water partition coefficient (Wildman–Crippen LogP) is 3.19. The van der Waals surface area contributed by atoms with Crippen molar-refractivity contribution >= 4 is 8.07 Å². The largest absolute Gasteiger partial charge is 0.244 e. The van der Waals surface area contributed by atoms with Crippen molar-refractivity contribution in [3.05, 3.63) is 29.1 Å². The summed E-state index contributed by atoms with van der Waals surface area (Å²) in [5.41, 5.74) is 7.05. The van der Waals surface area contributed by atoms with Gasteiger partial charge in [0.05, 0.1) is 0 Å². The second-order valence-corrected chi connectivity index (χ2v) is 10.3. The maximum Gasteiger partial charge on any atom is 0.129 e. The predicted molar refractivity (Wildman–Crippen MR) is 71.1 cm³/mol. The van der Waals surface area contributed by atoms with E-state index in [9.17, 15) is 0 Å². The van der Waals surface area contributed by atoms with Crippen LogP contribution in [0, 0.1) is 11.5 Å². The van der Waals surface area contributed by atoms with E-state index in [1.165, 1.54) is 30.5 Å². The summed E-state index contributed by atoms with van der Waals surface area (Å²) in [6.07, 6.45) is 4.93. The molecule has 0 radical (unpaired) electrons. The maximum atomic E-state index is 4.66. The monoisotopic (exact) mass is 229 g/mol.